The van der Waals surface area contributed by atoms with Crippen molar-refractivity contribution >= 4 is 0 Å². The molecule has 100 valence electrons. The predicted octanol–water partition coefficient (Wildman–Crippen LogP) is 1.60. The van der Waals surface area contributed by atoms with Crippen LogP contribution in [0.15, 0.2) is 12.3 Å². The van der Waals surface area contributed by atoms with E-state index in [0.717, 1.165) is 24.6 Å². The van der Waals surface area contributed by atoms with Crippen molar-refractivity contribution in [3.05, 3.63) is 23.8 Å². The molecule has 2 heterocycles. The summed E-state index contributed by atoms with van der Waals surface area (Å²) in [5, 5.41) is 3.43. The van der Waals surface area contributed by atoms with E-state index >= 15 is 0 Å². The van der Waals surface area contributed by atoms with E-state index in [1.165, 1.54) is 6.42 Å². The summed E-state index contributed by atoms with van der Waals surface area (Å²) in [5.41, 5.74) is 1.13. The number of hydrogen-bond acceptors (Lipinski definition) is 4. The Kier molecular flexibility index (Phi) is 4.30. The van der Waals surface area contributed by atoms with Crippen LogP contribution in [0.3, 0.4) is 0 Å². The van der Waals surface area contributed by atoms with Crippen molar-refractivity contribution < 1.29 is 0 Å². The zero-order valence-electron chi connectivity index (χ0n) is 11.8. The number of aromatic nitrogens is 2. The van der Waals surface area contributed by atoms with Gasteiger partial charge in [0, 0.05) is 31.4 Å². The molecule has 18 heavy (non-hydrogen) atoms. The van der Waals surface area contributed by atoms with Gasteiger partial charge in [-0.15, -0.1) is 0 Å². The Morgan fingerprint density at radius 2 is 2.22 bits per heavy atom. The molecule has 4 heteroatoms. The molecule has 0 bridgehead atoms. The summed E-state index contributed by atoms with van der Waals surface area (Å²) in [6.07, 6.45) is 3.07. The van der Waals surface area contributed by atoms with E-state index in [0.29, 0.717) is 18.0 Å². The summed E-state index contributed by atoms with van der Waals surface area (Å²) >= 11 is 0. The first-order valence-electron chi connectivity index (χ1n) is 6.81. The summed E-state index contributed by atoms with van der Waals surface area (Å²) in [6.45, 7) is 8.68. The predicted molar refractivity (Wildman–Crippen MR) is 73.3 cm³/mol. The molecule has 3 atom stereocenters. The van der Waals surface area contributed by atoms with Crippen molar-refractivity contribution in [3.8, 4) is 0 Å². The lowest BCUT2D eigenvalue weighted by Crippen LogP contribution is -2.52. The van der Waals surface area contributed by atoms with Crippen LogP contribution in [0, 0.1) is 12.8 Å². The fraction of sp³-hybridized carbons (Fsp3) is 0.714. The Morgan fingerprint density at radius 1 is 1.44 bits per heavy atom. The van der Waals surface area contributed by atoms with Gasteiger partial charge in [0.2, 0.25) is 0 Å². The molecule has 1 aliphatic rings. The molecule has 1 fully saturated rings. The van der Waals surface area contributed by atoms with Gasteiger partial charge in [0.25, 0.3) is 0 Å². The highest BCUT2D eigenvalue weighted by atomic mass is 15.2. The van der Waals surface area contributed by atoms with Crippen molar-refractivity contribution in [1.29, 1.82) is 0 Å². The maximum atomic E-state index is 4.50. The van der Waals surface area contributed by atoms with Crippen LogP contribution in [0.2, 0.25) is 0 Å². The van der Waals surface area contributed by atoms with Crippen LogP contribution >= 0.6 is 0 Å². The van der Waals surface area contributed by atoms with Crippen LogP contribution in [-0.2, 0) is 6.54 Å². The third kappa shape index (κ3) is 2.87. The lowest BCUT2D eigenvalue weighted by Gasteiger charge is -2.42. The summed E-state index contributed by atoms with van der Waals surface area (Å²) < 4.78 is 0. The summed E-state index contributed by atoms with van der Waals surface area (Å²) in [5.74, 6) is 1.53. The fourth-order valence-electron chi connectivity index (χ4n) is 2.87. The molecule has 0 aliphatic carbocycles. The lowest BCUT2D eigenvalue weighted by molar-refractivity contribution is 0.0799. The molecular weight excluding hydrogens is 224 g/mol. The molecule has 0 amide bonds. The maximum absolute atomic E-state index is 4.50. The van der Waals surface area contributed by atoms with E-state index in [9.17, 15) is 0 Å². The quantitative estimate of drug-likeness (QED) is 0.882. The topological polar surface area (TPSA) is 41.0 Å². The van der Waals surface area contributed by atoms with Gasteiger partial charge in [-0.1, -0.05) is 6.92 Å². The van der Waals surface area contributed by atoms with Crippen LogP contribution in [-0.4, -0.2) is 40.5 Å². The van der Waals surface area contributed by atoms with E-state index in [1.807, 2.05) is 19.2 Å². The number of rotatable bonds is 3. The third-order valence-corrected chi connectivity index (χ3v) is 4.27. The molecule has 1 aromatic heterocycles. The fourth-order valence-corrected chi connectivity index (χ4v) is 2.87. The Balaban J connectivity index is 2.02. The zero-order valence-corrected chi connectivity index (χ0v) is 11.8. The number of aryl methyl sites for hydroxylation is 1. The van der Waals surface area contributed by atoms with Gasteiger partial charge in [-0.2, -0.15) is 0 Å². The van der Waals surface area contributed by atoms with Crippen molar-refractivity contribution in [2.24, 2.45) is 5.92 Å². The van der Waals surface area contributed by atoms with Crippen molar-refractivity contribution in [3.63, 3.8) is 0 Å². The second-order valence-corrected chi connectivity index (χ2v) is 5.35. The van der Waals surface area contributed by atoms with Gasteiger partial charge >= 0.3 is 0 Å². The van der Waals surface area contributed by atoms with Gasteiger partial charge in [-0.25, -0.2) is 9.97 Å². The summed E-state index contributed by atoms with van der Waals surface area (Å²) in [4.78, 5) is 11.2. The number of nitrogens with one attached hydrogen (secondary N) is 1. The Labute approximate surface area is 110 Å². The number of likely N-dealkylation sites (tertiary alicyclic amines) is 1. The molecule has 2 rings (SSSR count). The largest absolute Gasteiger partial charge is 0.317 e. The first kappa shape index (κ1) is 13.4. The summed E-state index contributed by atoms with van der Waals surface area (Å²) in [7, 11) is 2.07. The Bertz CT molecular complexity index is 393. The second kappa shape index (κ2) is 5.76. The number of nitrogens with zero attached hydrogens (tertiary/aromatic N) is 3. The van der Waals surface area contributed by atoms with E-state index in [1.54, 1.807) is 0 Å². The van der Waals surface area contributed by atoms with Crippen molar-refractivity contribution in [2.75, 3.05) is 13.6 Å². The molecule has 0 spiro atoms. The molecule has 1 aromatic rings. The van der Waals surface area contributed by atoms with Crippen molar-refractivity contribution in [1.82, 2.24) is 20.2 Å². The van der Waals surface area contributed by atoms with E-state index in [4.69, 9.17) is 0 Å². The SMILES string of the molecule is CNC1CCN(Cc2ccnc(C)n2)C(C)C1C. The lowest BCUT2D eigenvalue weighted by atomic mass is 9.87. The van der Waals surface area contributed by atoms with Gasteiger partial charge in [0.1, 0.15) is 5.82 Å². The highest BCUT2D eigenvalue weighted by Gasteiger charge is 2.31. The smallest absolute Gasteiger partial charge is 0.125 e. The van der Waals surface area contributed by atoms with Crippen LogP contribution in [0.5, 0.6) is 0 Å². The second-order valence-electron chi connectivity index (χ2n) is 5.35. The van der Waals surface area contributed by atoms with Gasteiger partial charge in [-0.05, 0) is 39.3 Å². The molecule has 4 nitrogen and oxygen atoms in total. The molecule has 0 saturated carbocycles. The normalized spacial score (nSPS) is 29.4. The third-order valence-electron chi connectivity index (χ3n) is 4.27. The summed E-state index contributed by atoms with van der Waals surface area (Å²) in [6, 6.07) is 3.25. The monoisotopic (exact) mass is 248 g/mol. The maximum Gasteiger partial charge on any atom is 0.125 e. The molecule has 1 aliphatic heterocycles. The number of piperidine rings is 1. The van der Waals surface area contributed by atoms with Gasteiger partial charge in [-0.3, -0.25) is 4.90 Å². The van der Waals surface area contributed by atoms with Crippen molar-refractivity contribution in [2.45, 2.75) is 45.8 Å². The van der Waals surface area contributed by atoms with Gasteiger partial charge in [0.05, 0.1) is 5.69 Å². The van der Waals surface area contributed by atoms with Gasteiger partial charge in [0.15, 0.2) is 0 Å². The average Bonchev–Trinajstić information content (AvgIpc) is 2.35. The Morgan fingerprint density at radius 3 is 2.89 bits per heavy atom. The highest BCUT2D eigenvalue weighted by Crippen LogP contribution is 2.24. The van der Waals surface area contributed by atoms with Crippen LogP contribution in [0.1, 0.15) is 31.8 Å². The molecular formula is C14H24N4. The minimum Gasteiger partial charge on any atom is -0.317 e. The van der Waals surface area contributed by atoms with Gasteiger partial charge < -0.3 is 5.32 Å². The highest BCUT2D eigenvalue weighted by molar-refractivity contribution is 5.02. The van der Waals surface area contributed by atoms with E-state index in [-0.39, 0.29) is 0 Å². The minimum atomic E-state index is 0.589. The molecule has 1 N–H and O–H groups in total. The Hall–Kier alpha value is -1.00. The minimum absolute atomic E-state index is 0.589. The molecule has 0 radical (unpaired) electrons. The van der Waals surface area contributed by atoms with Crippen LogP contribution in [0.4, 0.5) is 0 Å². The first-order chi connectivity index (χ1) is 8.61. The average molecular weight is 248 g/mol. The van der Waals surface area contributed by atoms with E-state index in [2.05, 4.69) is 41.1 Å². The van der Waals surface area contributed by atoms with E-state index < -0.39 is 0 Å². The van der Waals surface area contributed by atoms with Crippen LogP contribution < -0.4 is 5.32 Å². The molecule has 3 unspecified atom stereocenters. The first-order valence-corrected chi connectivity index (χ1v) is 6.81. The van der Waals surface area contributed by atoms with Crippen LogP contribution in [0.25, 0.3) is 0 Å². The number of hydrogen-bond donors (Lipinski definition) is 1. The standard InChI is InChI=1S/C14H24N4/c1-10-11(2)18(8-6-14(10)15-4)9-13-5-7-16-12(3)17-13/h5,7,10-11,14-15H,6,8-9H2,1-4H3. The molecule has 1 saturated heterocycles. The molecule has 0 aromatic carbocycles. The zero-order chi connectivity index (χ0) is 13.1.